The van der Waals surface area contributed by atoms with Crippen molar-refractivity contribution >= 4 is 143 Å². The van der Waals surface area contributed by atoms with Gasteiger partial charge in [-0.25, -0.2) is 19.9 Å². The Labute approximate surface area is 492 Å². The summed E-state index contributed by atoms with van der Waals surface area (Å²) in [5.41, 5.74) is 8.24. The molecule has 11 aromatic rings. The molecule has 2 aromatic carbocycles. The van der Waals surface area contributed by atoms with Gasteiger partial charge in [-0.2, -0.15) is 0 Å². The van der Waals surface area contributed by atoms with E-state index in [0.29, 0.717) is 0 Å². The van der Waals surface area contributed by atoms with Crippen molar-refractivity contribution < 1.29 is 4.79 Å². The zero-order chi connectivity index (χ0) is 53.5. The molecule has 0 saturated heterocycles. The third-order valence-corrected chi connectivity index (χ3v) is 22.7. The molecule has 0 bridgehead atoms. The molecule has 0 spiro atoms. The smallest absolute Gasteiger partial charge is 0.160 e. The number of benzene rings is 2. The van der Waals surface area contributed by atoms with E-state index in [2.05, 4.69) is 116 Å². The molecule has 0 amide bonds. The van der Waals surface area contributed by atoms with Crippen LogP contribution in [0.1, 0.15) is 143 Å². The van der Waals surface area contributed by atoms with E-state index in [1.165, 1.54) is 170 Å². The van der Waals surface area contributed by atoms with E-state index in [1.807, 2.05) is 117 Å². The van der Waals surface area contributed by atoms with Crippen LogP contribution in [0, 0.1) is 0 Å². The Morgan fingerprint density at radius 1 is 0.372 bits per heavy atom. The molecule has 0 atom stereocenters. The quantitative estimate of drug-likeness (QED) is 0.0527. The van der Waals surface area contributed by atoms with Gasteiger partial charge in [0.1, 0.15) is 11.0 Å². The predicted octanol–water partition coefficient (Wildman–Crippen LogP) is 20.1. The summed E-state index contributed by atoms with van der Waals surface area (Å²) in [7, 11) is 0. The fourth-order valence-corrected chi connectivity index (χ4v) is 17.7. The highest BCUT2D eigenvalue weighted by atomic mass is 32.2. The summed E-state index contributed by atoms with van der Waals surface area (Å²) in [6.45, 7) is 6.79. The van der Waals surface area contributed by atoms with Crippen LogP contribution in [-0.2, 0) is 30.8 Å². The van der Waals surface area contributed by atoms with E-state index in [-0.39, 0.29) is 0 Å². The molecular weight excluding hydrogens is 1110 g/mol. The number of unbranched alkanes of at least 4 members (excludes halogenated alkanes) is 9. The summed E-state index contributed by atoms with van der Waals surface area (Å²) in [5, 5.41) is 0. The molecule has 0 radical (unpaired) electrons. The number of carbonyl (C=O) groups is 1. The lowest BCUT2D eigenvalue weighted by molar-refractivity contribution is 0.112. The minimum atomic E-state index is 0.808. The van der Waals surface area contributed by atoms with E-state index in [1.54, 1.807) is 22.7 Å². The van der Waals surface area contributed by atoms with Crippen molar-refractivity contribution in [3.63, 3.8) is 0 Å². The van der Waals surface area contributed by atoms with E-state index in [4.69, 9.17) is 9.97 Å². The van der Waals surface area contributed by atoms with E-state index in [9.17, 15) is 4.79 Å². The lowest BCUT2D eigenvalue weighted by atomic mass is 10.1. The van der Waals surface area contributed by atoms with Gasteiger partial charge >= 0.3 is 0 Å². The Morgan fingerprint density at radius 2 is 0.718 bits per heavy atom. The summed E-state index contributed by atoms with van der Waals surface area (Å²) in [6, 6.07) is 43.0. The summed E-state index contributed by atoms with van der Waals surface area (Å²) in [4.78, 5) is 45.8. The van der Waals surface area contributed by atoms with Crippen LogP contribution in [0.4, 0.5) is 0 Å². The maximum atomic E-state index is 10.7. The van der Waals surface area contributed by atoms with Gasteiger partial charge in [-0.3, -0.25) is 4.79 Å². The highest BCUT2D eigenvalue weighted by Crippen LogP contribution is 2.37. The van der Waals surface area contributed by atoms with Crippen LogP contribution in [-0.4, -0.2) is 26.2 Å². The van der Waals surface area contributed by atoms with Gasteiger partial charge in [0.15, 0.2) is 6.29 Å². The summed E-state index contributed by atoms with van der Waals surface area (Å²) < 4.78 is 2.34. The van der Waals surface area contributed by atoms with Crippen molar-refractivity contribution in [2.45, 2.75) is 129 Å². The molecule has 0 saturated carbocycles. The number of hydrogen-bond donors (Lipinski definition) is 0. The van der Waals surface area contributed by atoms with Gasteiger partial charge in [-0.1, -0.05) is 103 Å². The van der Waals surface area contributed by atoms with Crippen molar-refractivity contribution in [2.75, 3.05) is 0 Å². The van der Waals surface area contributed by atoms with Gasteiger partial charge in [-0.05, 0) is 148 Å². The third kappa shape index (κ3) is 14.9. The van der Waals surface area contributed by atoms with Crippen LogP contribution >= 0.6 is 91.1 Å². The number of aromatic nitrogens is 4. The first kappa shape index (κ1) is 56.3. The normalized spacial score (nSPS) is 12.6. The number of nitrogens with zero attached hydrogens (tertiary/aromatic N) is 4. The second-order valence-corrected chi connectivity index (χ2v) is 28.5. The molecule has 5 nitrogen and oxygen atoms in total. The first-order valence-corrected chi connectivity index (χ1v) is 34.5. The zero-order valence-corrected chi connectivity index (χ0v) is 51.3. The number of rotatable bonds is 21. The summed E-state index contributed by atoms with van der Waals surface area (Å²) in [5.74, 6) is 2.04. The number of carbonyl (C=O) groups excluding carboxylic acids is 1. The molecule has 9 aromatic heterocycles. The predicted molar refractivity (Wildman–Crippen MR) is 348 cm³/mol. The fourth-order valence-electron chi connectivity index (χ4n) is 9.35. The van der Waals surface area contributed by atoms with Gasteiger partial charge in [-0.15, -0.1) is 91.1 Å². The average molecular weight is 1180 g/mol. The lowest BCUT2D eigenvalue weighted by Gasteiger charge is -1.99. The monoisotopic (exact) mass is 1170 g/mol. The van der Waals surface area contributed by atoms with E-state index >= 15 is 0 Å². The number of aldehydes is 1. The zero-order valence-electron chi connectivity index (χ0n) is 44.8. The number of para-hydroxylation sites is 4. The van der Waals surface area contributed by atoms with Crippen LogP contribution in [0.15, 0.2) is 121 Å². The highest BCUT2D eigenvalue weighted by molar-refractivity contribution is 7.98. The molecule has 78 heavy (non-hydrogen) atoms. The number of aryl methyl sites for hydroxylation is 3. The number of thiophene rings is 7. The molecule has 0 unspecified atom stereocenters. The number of fused-ring (bicyclic) bond motifs is 4. The molecule has 12 rings (SSSR count). The molecule has 400 valence electrons. The Hall–Kier alpha value is -4.96. The standard InChI is InChI=1S/C40H40N2S5.C15H18OS2.C10H8N2S/c1-3-5-7-9-13-27-17-21-33(43-27)35-23-19-29(45-35)25-37-39-40(42-32-16-12-11-15-31(32)41-39)38(47-37)26-30-20-24-36(46-30)34-22-18-28(44-34)14-10-8-6-4-2;1-2-3-4-5-6-12-7-9-14(17-12)15-10-8-13(11-16)18-15;1-2-4-8-7(3-1)11-9-5-13-6-10(9)12-8/h11-12,15-26H,3-10,13-14H2,1-2H3;7-11H,2-6H2,1H3;1-4H,5-6H2/b37-25-,38-26-;;. The minimum absolute atomic E-state index is 0.808. The summed E-state index contributed by atoms with van der Waals surface area (Å²) in [6.07, 6.45) is 24.9. The van der Waals surface area contributed by atoms with E-state index in [0.717, 1.165) is 55.8 Å². The molecule has 1 aliphatic heterocycles. The third-order valence-electron chi connectivity index (χ3n) is 13.5. The van der Waals surface area contributed by atoms with Crippen LogP contribution in [0.5, 0.6) is 0 Å². The second kappa shape index (κ2) is 28.5. The molecule has 0 aliphatic carbocycles. The fraction of sp³-hybridized carbons (Fsp3) is 0.308. The molecule has 1 aliphatic rings. The van der Waals surface area contributed by atoms with Crippen molar-refractivity contribution in [1.82, 2.24) is 19.9 Å². The van der Waals surface area contributed by atoms with Gasteiger partial charge < -0.3 is 0 Å². The average Bonchev–Trinajstić information content (AvgIpc) is 4.36. The number of thioether (sulfide) groups is 1. The largest absolute Gasteiger partial charge is 0.297 e. The van der Waals surface area contributed by atoms with Crippen LogP contribution in [0.3, 0.4) is 0 Å². The van der Waals surface area contributed by atoms with Gasteiger partial charge in [0.25, 0.3) is 0 Å². The minimum Gasteiger partial charge on any atom is -0.297 e. The molecule has 10 heterocycles. The first-order valence-electron chi connectivity index (χ1n) is 27.7. The topological polar surface area (TPSA) is 68.6 Å². The van der Waals surface area contributed by atoms with Gasteiger partial charge in [0, 0.05) is 65.2 Å². The lowest BCUT2D eigenvalue weighted by Crippen LogP contribution is -1.97. The van der Waals surface area contributed by atoms with Gasteiger partial charge in [0.05, 0.1) is 47.4 Å². The van der Waals surface area contributed by atoms with Gasteiger partial charge in [0.2, 0.25) is 0 Å². The van der Waals surface area contributed by atoms with Crippen molar-refractivity contribution in [3.05, 3.63) is 171 Å². The first-order chi connectivity index (χ1) is 38.4. The maximum absolute atomic E-state index is 10.7. The summed E-state index contributed by atoms with van der Waals surface area (Å²) >= 11 is 14.8. The van der Waals surface area contributed by atoms with E-state index < -0.39 is 0 Å². The SMILES string of the molecule is CCCCCCc1ccc(-c2ccc(/C=c3\s/c(=C\c4ccc(-c5ccc(CCCCCC)s5)s4)c4nc5ccccc5nc34)s2)s1.CCCCCCc1ccc(-c2ccc(C=O)s2)s1.c1ccc2nc3c(nc2c1)CSC3. The van der Waals surface area contributed by atoms with Crippen LogP contribution in [0.25, 0.3) is 74.5 Å². The molecule has 0 fully saturated rings. The Bertz CT molecular complexity index is 3630. The molecular formula is C65H66N4OS8. The molecule has 0 N–H and O–H groups in total. The van der Waals surface area contributed by atoms with Crippen molar-refractivity contribution in [1.29, 1.82) is 0 Å². The Kier molecular flexibility index (Phi) is 20.5. The molecule has 13 heteroatoms. The van der Waals surface area contributed by atoms with Crippen LogP contribution < -0.4 is 9.06 Å². The maximum Gasteiger partial charge on any atom is 0.160 e. The highest BCUT2D eigenvalue weighted by Gasteiger charge is 2.16. The van der Waals surface area contributed by atoms with Crippen LogP contribution in [0.2, 0.25) is 0 Å². The second-order valence-electron chi connectivity index (χ2n) is 19.6. The van der Waals surface area contributed by atoms with Crippen molar-refractivity contribution in [3.8, 4) is 29.3 Å². The Morgan fingerprint density at radius 3 is 1.09 bits per heavy atom. The Balaban J connectivity index is 0.000000179. The van der Waals surface area contributed by atoms with Crippen molar-refractivity contribution in [2.24, 2.45) is 0 Å². The number of hydrogen-bond acceptors (Lipinski definition) is 13.